The van der Waals surface area contributed by atoms with Crippen molar-refractivity contribution in [3.63, 3.8) is 0 Å². The van der Waals surface area contributed by atoms with Crippen molar-refractivity contribution in [2.45, 2.75) is 58.0 Å². The van der Waals surface area contributed by atoms with Gasteiger partial charge >= 0.3 is 6.09 Å². The summed E-state index contributed by atoms with van der Waals surface area (Å²) in [6.07, 6.45) is 4.61. The summed E-state index contributed by atoms with van der Waals surface area (Å²) in [7, 11) is 0. The topological polar surface area (TPSA) is 120 Å². The van der Waals surface area contributed by atoms with Gasteiger partial charge in [0.1, 0.15) is 11.9 Å². The van der Waals surface area contributed by atoms with E-state index >= 15 is 0 Å². The predicted octanol–water partition coefficient (Wildman–Crippen LogP) is 5.74. The highest BCUT2D eigenvalue weighted by molar-refractivity contribution is 5.91. The van der Waals surface area contributed by atoms with Gasteiger partial charge in [-0.3, -0.25) is 14.9 Å². The summed E-state index contributed by atoms with van der Waals surface area (Å²) in [6, 6.07) is 24.6. The van der Waals surface area contributed by atoms with Crippen molar-refractivity contribution in [1.82, 2.24) is 15.5 Å². The van der Waals surface area contributed by atoms with Crippen molar-refractivity contribution in [1.29, 1.82) is 0 Å². The van der Waals surface area contributed by atoms with Gasteiger partial charge in [0.25, 0.3) is 0 Å². The second-order valence-electron chi connectivity index (χ2n) is 11.7. The minimum Gasteiger partial charge on any atom is -0.508 e. The number of benzene rings is 3. The number of nitrogens with one attached hydrogen (secondary N) is 3. The van der Waals surface area contributed by atoms with E-state index in [1.54, 1.807) is 12.1 Å². The number of carbonyl (C=O) groups excluding carboxylic acids is 3. The van der Waals surface area contributed by atoms with Gasteiger partial charge in [-0.2, -0.15) is 0 Å². The molecule has 3 aromatic carbocycles. The molecule has 1 aliphatic rings. The van der Waals surface area contributed by atoms with Gasteiger partial charge in [-0.05, 0) is 67.9 Å². The predicted molar refractivity (Wildman–Crippen MR) is 177 cm³/mol. The molecule has 0 aromatic heterocycles. The average Bonchev–Trinajstić information content (AvgIpc) is 3.05. The molecule has 4 N–H and O–H groups in total. The van der Waals surface area contributed by atoms with Gasteiger partial charge in [-0.25, -0.2) is 4.79 Å². The summed E-state index contributed by atoms with van der Waals surface area (Å²) in [5, 5.41) is 18.3. The van der Waals surface area contributed by atoms with E-state index in [9.17, 15) is 19.5 Å². The van der Waals surface area contributed by atoms with Crippen LogP contribution in [-0.4, -0.2) is 66.7 Å². The zero-order valence-corrected chi connectivity index (χ0v) is 26.2. The van der Waals surface area contributed by atoms with Crippen molar-refractivity contribution in [2.24, 2.45) is 5.92 Å². The Hall–Kier alpha value is -4.37. The zero-order valence-electron chi connectivity index (χ0n) is 26.2. The second kappa shape index (κ2) is 17.8. The number of phenolic OH excluding ortho intramolecular Hbond substituents is 1. The number of piperidine rings is 1. The monoisotopic (exact) mass is 614 g/mol. The maximum atomic E-state index is 12.6. The average molecular weight is 615 g/mol. The van der Waals surface area contributed by atoms with E-state index in [1.807, 2.05) is 73.7 Å². The van der Waals surface area contributed by atoms with E-state index < -0.39 is 6.09 Å². The fourth-order valence-corrected chi connectivity index (χ4v) is 5.47. The smallest absolute Gasteiger partial charge is 0.411 e. The van der Waals surface area contributed by atoms with Crippen molar-refractivity contribution >= 4 is 23.6 Å². The molecule has 0 bridgehead atoms. The maximum Gasteiger partial charge on any atom is 0.411 e. The Bertz CT molecular complexity index is 1360. The van der Waals surface area contributed by atoms with E-state index in [0.29, 0.717) is 32.5 Å². The first-order valence-corrected chi connectivity index (χ1v) is 16.0. The van der Waals surface area contributed by atoms with E-state index in [4.69, 9.17) is 4.74 Å². The Morgan fingerprint density at radius 2 is 1.53 bits per heavy atom. The first-order valence-electron chi connectivity index (χ1n) is 16.0. The summed E-state index contributed by atoms with van der Waals surface area (Å²) >= 11 is 0. The van der Waals surface area contributed by atoms with Crippen LogP contribution in [-0.2, 0) is 20.7 Å². The highest BCUT2D eigenvalue weighted by atomic mass is 16.6. The van der Waals surface area contributed by atoms with E-state index in [-0.39, 0.29) is 29.6 Å². The second-order valence-corrected chi connectivity index (χ2v) is 11.7. The van der Waals surface area contributed by atoms with Crippen molar-refractivity contribution in [3.05, 3.63) is 84.4 Å². The van der Waals surface area contributed by atoms with E-state index in [2.05, 4.69) is 20.9 Å². The minimum absolute atomic E-state index is 0.0276. The van der Waals surface area contributed by atoms with E-state index in [1.165, 1.54) is 0 Å². The molecule has 240 valence electrons. The van der Waals surface area contributed by atoms with Gasteiger partial charge in [0.2, 0.25) is 11.8 Å². The lowest BCUT2D eigenvalue weighted by Crippen LogP contribution is -2.40. The number of para-hydroxylation sites is 1. The van der Waals surface area contributed by atoms with E-state index in [0.717, 1.165) is 67.6 Å². The number of aromatic hydroxyl groups is 1. The standard InChI is InChI=1S/C36H46N4O5/c1-27(26-28-14-16-30(41)17-15-28)35(43)38-22-9-3-8-21-37-34(42)20-25-40-23-18-31(19-24-40)45-36(44)39-33-13-7-6-12-32(33)29-10-4-2-5-11-29/h2,4-7,10-17,27,31,41H,3,8-9,18-26H2,1H3,(H,37,42)(H,38,43)(H,39,44). The van der Waals surface area contributed by atoms with Gasteiger partial charge in [0, 0.05) is 50.6 Å². The summed E-state index contributed by atoms with van der Waals surface area (Å²) in [4.78, 5) is 39.6. The number of amides is 3. The number of phenols is 1. The number of hydrogen-bond donors (Lipinski definition) is 4. The lowest BCUT2D eigenvalue weighted by Gasteiger charge is -2.31. The first-order chi connectivity index (χ1) is 21.9. The fraction of sp³-hybridized carbons (Fsp3) is 0.417. The number of ether oxygens (including phenoxy) is 1. The molecule has 1 atom stereocenters. The number of likely N-dealkylation sites (tertiary alicyclic amines) is 1. The molecule has 3 amide bonds. The van der Waals surface area contributed by atoms with Crippen molar-refractivity contribution < 1.29 is 24.2 Å². The Kier molecular flexibility index (Phi) is 13.3. The number of hydrogen-bond acceptors (Lipinski definition) is 6. The number of carbonyl (C=O) groups is 3. The lowest BCUT2D eigenvalue weighted by atomic mass is 10.0. The molecular weight excluding hydrogens is 568 g/mol. The van der Waals surface area contributed by atoms with Crippen LogP contribution in [0.3, 0.4) is 0 Å². The minimum atomic E-state index is -0.446. The molecule has 1 saturated heterocycles. The molecule has 1 aliphatic heterocycles. The molecule has 1 fully saturated rings. The van der Waals surface area contributed by atoms with Gasteiger partial charge < -0.3 is 25.4 Å². The number of rotatable bonds is 15. The summed E-state index contributed by atoms with van der Waals surface area (Å²) in [5.41, 5.74) is 3.71. The Morgan fingerprint density at radius 1 is 0.867 bits per heavy atom. The van der Waals surface area contributed by atoms with Gasteiger partial charge in [-0.15, -0.1) is 0 Å². The number of anilines is 1. The molecule has 4 rings (SSSR count). The summed E-state index contributed by atoms with van der Waals surface area (Å²) < 4.78 is 5.72. The quantitative estimate of drug-likeness (QED) is 0.162. The Morgan fingerprint density at radius 3 is 2.27 bits per heavy atom. The van der Waals surface area contributed by atoms with Gasteiger partial charge in [0.15, 0.2) is 0 Å². The van der Waals surface area contributed by atoms with Crippen LogP contribution in [0.25, 0.3) is 11.1 Å². The van der Waals surface area contributed by atoms with Crippen LogP contribution in [0.5, 0.6) is 5.75 Å². The summed E-state index contributed by atoms with van der Waals surface area (Å²) in [6.45, 7) is 5.40. The molecule has 1 heterocycles. The third-order valence-electron chi connectivity index (χ3n) is 8.11. The largest absolute Gasteiger partial charge is 0.508 e. The zero-order chi connectivity index (χ0) is 31.9. The molecule has 0 radical (unpaired) electrons. The van der Waals surface area contributed by atoms with Crippen LogP contribution in [0.1, 0.15) is 51.0 Å². The third kappa shape index (κ3) is 11.6. The van der Waals surface area contributed by atoms with Gasteiger partial charge in [-0.1, -0.05) is 67.6 Å². The highest BCUT2D eigenvalue weighted by Crippen LogP contribution is 2.28. The summed E-state index contributed by atoms with van der Waals surface area (Å²) in [5.74, 6) is 0.153. The van der Waals surface area contributed by atoms with Crippen LogP contribution in [0.2, 0.25) is 0 Å². The molecule has 0 saturated carbocycles. The Labute approximate surface area is 266 Å². The molecule has 0 aliphatic carbocycles. The fourth-order valence-electron chi connectivity index (χ4n) is 5.47. The third-order valence-corrected chi connectivity index (χ3v) is 8.11. The number of nitrogens with zero attached hydrogens (tertiary/aromatic N) is 1. The molecule has 9 heteroatoms. The van der Waals surface area contributed by atoms with Crippen molar-refractivity contribution in [2.75, 3.05) is 38.0 Å². The lowest BCUT2D eigenvalue weighted by molar-refractivity contribution is -0.124. The van der Waals surface area contributed by atoms with Gasteiger partial charge in [0.05, 0.1) is 5.69 Å². The SMILES string of the molecule is CC(Cc1ccc(O)cc1)C(=O)NCCCCCNC(=O)CCN1CCC(OC(=O)Nc2ccccc2-c2ccccc2)CC1. The van der Waals surface area contributed by atoms with Crippen LogP contribution in [0.15, 0.2) is 78.9 Å². The van der Waals surface area contributed by atoms with Crippen LogP contribution >= 0.6 is 0 Å². The molecule has 45 heavy (non-hydrogen) atoms. The van der Waals surface area contributed by atoms with Crippen LogP contribution in [0, 0.1) is 5.92 Å². The molecular formula is C36H46N4O5. The first kappa shape index (κ1) is 33.5. The van der Waals surface area contributed by atoms with Crippen LogP contribution < -0.4 is 16.0 Å². The number of unbranched alkanes of at least 4 members (excludes halogenated alkanes) is 2. The highest BCUT2D eigenvalue weighted by Gasteiger charge is 2.23. The molecule has 1 unspecified atom stereocenters. The van der Waals surface area contributed by atoms with Crippen LogP contribution in [0.4, 0.5) is 10.5 Å². The Balaban J connectivity index is 1.01. The molecule has 0 spiro atoms. The molecule has 9 nitrogen and oxygen atoms in total. The molecule has 3 aromatic rings. The maximum absolute atomic E-state index is 12.6. The normalized spacial score (nSPS) is 14.3. The van der Waals surface area contributed by atoms with Crippen molar-refractivity contribution in [3.8, 4) is 16.9 Å².